The molecule has 0 bridgehead atoms. The average Bonchev–Trinajstić information content (AvgIpc) is 2.67. The van der Waals surface area contributed by atoms with Crippen molar-refractivity contribution in [2.45, 2.75) is 46.1 Å². The number of hydrogen-bond acceptors (Lipinski definition) is 4. The van der Waals surface area contributed by atoms with Crippen LogP contribution in [-0.2, 0) is 6.42 Å². The summed E-state index contributed by atoms with van der Waals surface area (Å²) in [5, 5.41) is 4.83. The predicted octanol–water partition coefficient (Wildman–Crippen LogP) is 3.22. The number of thiazole rings is 1. The van der Waals surface area contributed by atoms with Gasteiger partial charge in [0.05, 0.1) is 5.69 Å². The molecule has 2 rings (SSSR count). The fourth-order valence-electron chi connectivity index (χ4n) is 2.59. The van der Waals surface area contributed by atoms with Crippen LogP contribution in [0.15, 0.2) is 0 Å². The van der Waals surface area contributed by atoms with Crippen LogP contribution in [-0.4, -0.2) is 25.6 Å². The van der Waals surface area contributed by atoms with E-state index in [9.17, 15) is 0 Å². The van der Waals surface area contributed by atoms with Gasteiger partial charge in [-0.1, -0.05) is 20.8 Å². The van der Waals surface area contributed by atoms with E-state index in [0.717, 1.165) is 18.1 Å². The Labute approximate surface area is 115 Å². The highest BCUT2D eigenvalue weighted by molar-refractivity contribution is 7.15. The van der Waals surface area contributed by atoms with E-state index >= 15 is 0 Å². The number of fused-ring (bicyclic) bond motifs is 1. The highest BCUT2D eigenvalue weighted by Gasteiger charge is 2.34. The summed E-state index contributed by atoms with van der Waals surface area (Å²) in [5.74, 6) is 0. The monoisotopic (exact) mass is 267 g/mol. The van der Waals surface area contributed by atoms with Crippen molar-refractivity contribution in [2.75, 3.05) is 25.5 Å². The summed E-state index contributed by atoms with van der Waals surface area (Å²) in [4.78, 5) is 8.39. The number of nitrogens with zero attached hydrogens (tertiary/aromatic N) is 2. The molecule has 0 saturated carbocycles. The molecule has 1 unspecified atom stereocenters. The van der Waals surface area contributed by atoms with Crippen LogP contribution in [0.3, 0.4) is 0 Å². The third kappa shape index (κ3) is 2.86. The van der Waals surface area contributed by atoms with E-state index in [0.29, 0.717) is 11.5 Å². The van der Waals surface area contributed by atoms with Crippen LogP contribution >= 0.6 is 11.3 Å². The molecule has 0 spiro atoms. The summed E-state index contributed by atoms with van der Waals surface area (Å²) in [6.07, 6.45) is 3.51. The Balaban J connectivity index is 2.28. The molecule has 0 saturated heterocycles. The molecule has 4 heteroatoms. The lowest BCUT2D eigenvalue weighted by molar-refractivity contribution is 0.258. The van der Waals surface area contributed by atoms with Gasteiger partial charge in [0, 0.05) is 25.0 Å². The van der Waals surface area contributed by atoms with Crippen molar-refractivity contribution in [3.05, 3.63) is 10.6 Å². The highest BCUT2D eigenvalue weighted by Crippen LogP contribution is 2.44. The normalized spacial score (nSPS) is 21.7. The lowest BCUT2D eigenvalue weighted by atomic mass is 9.76. The fourth-order valence-corrected chi connectivity index (χ4v) is 3.67. The molecule has 1 aliphatic rings. The molecule has 0 aromatic carbocycles. The van der Waals surface area contributed by atoms with Crippen molar-refractivity contribution in [1.82, 2.24) is 10.3 Å². The van der Waals surface area contributed by atoms with E-state index < -0.39 is 0 Å². The minimum absolute atomic E-state index is 0.357. The Kier molecular flexibility index (Phi) is 3.97. The van der Waals surface area contributed by atoms with E-state index in [1.807, 2.05) is 11.3 Å². The van der Waals surface area contributed by atoms with Crippen molar-refractivity contribution in [2.24, 2.45) is 5.41 Å². The molecule has 1 aromatic heterocycles. The van der Waals surface area contributed by atoms with Crippen LogP contribution in [0.5, 0.6) is 0 Å². The second-order valence-electron chi connectivity index (χ2n) is 6.25. The lowest BCUT2D eigenvalue weighted by Gasteiger charge is -2.34. The van der Waals surface area contributed by atoms with Gasteiger partial charge in [-0.3, -0.25) is 0 Å². The maximum Gasteiger partial charge on any atom is 0.185 e. The van der Waals surface area contributed by atoms with Crippen LogP contribution in [0, 0.1) is 5.41 Å². The Morgan fingerprint density at radius 3 is 2.78 bits per heavy atom. The second-order valence-corrected chi connectivity index (χ2v) is 7.26. The molecule has 18 heavy (non-hydrogen) atoms. The Bertz CT molecular complexity index is 409. The molecule has 1 N–H and O–H groups in total. The van der Waals surface area contributed by atoms with Crippen molar-refractivity contribution >= 4 is 16.5 Å². The van der Waals surface area contributed by atoms with Crippen molar-refractivity contribution < 1.29 is 0 Å². The van der Waals surface area contributed by atoms with Gasteiger partial charge in [-0.15, -0.1) is 11.3 Å². The summed E-state index contributed by atoms with van der Waals surface area (Å²) >= 11 is 1.86. The van der Waals surface area contributed by atoms with E-state index in [-0.39, 0.29) is 0 Å². The summed E-state index contributed by atoms with van der Waals surface area (Å²) in [6, 6.07) is 0.495. The van der Waals surface area contributed by atoms with Gasteiger partial charge in [-0.25, -0.2) is 4.98 Å². The van der Waals surface area contributed by atoms with Crippen LogP contribution in [0.2, 0.25) is 0 Å². The van der Waals surface area contributed by atoms with E-state index in [1.54, 1.807) is 0 Å². The summed E-state index contributed by atoms with van der Waals surface area (Å²) < 4.78 is 0. The average molecular weight is 267 g/mol. The molecule has 1 atom stereocenters. The minimum atomic E-state index is 0.357. The largest absolute Gasteiger partial charge is 0.354 e. The van der Waals surface area contributed by atoms with Crippen LogP contribution in [0.4, 0.5) is 5.13 Å². The fraction of sp³-hybridized carbons (Fsp3) is 0.786. The molecule has 102 valence electrons. The first kappa shape index (κ1) is 13.8. The van der Waals surface area contributed by atoms with Crippen LogP contribution in [0.25, 0.3) is 0 Å². The van der Waals surface area contributed by atoms with E-state index in [2.05, 4.69) is 45.1 Å². The van der Waals surface area contributed by atoms with Crippen LogP contribution < -0.4 is 10.2 Å². The number of rotatable bonds is 4. The highest BCUT2D eigenvalue weighted by atomic mass is 32.1. The van der Waals surface area contributed by atoms with Gasteiger partial charge >= 0.3 is 0 Å². The van der Waals surface area contributed by atoms with Gasteiger partial charge in [0.2, 0.25) is 0 Å². The lowest BCUT2D eigenvalue weighted by Crippen LogP contribution is -2.33. The van der Waals surface area contributed by atoms with Gasteiger partial charge < -0.3 is 10.2 Å². The zero-order valence-corrected chi connectivity index (χ0v) is 13.0. The van der Waals surface area contributed by atoms with E-state index in [1.165, 1.54) is 23.4 Å². The van der Waals surface area contributed by atoms with Crippen molar-refractivity contribution in [3.63, 3.8) is 0 Å². The third-order valence-corrected chi connectivity index (χ3v) is 4.84. The smallest absolute Gasteiger partial charge is 0.185 e. The van der Waals surface area contributed by atoms with Gasteiger partial charge in [0.15, 0.2) is 5.13 Å². The Hall–Kier alpha value is -0.610. The number of aromatic nitrogens is 1. The topological polar surface area (TPSA) is 28.2 Å². The third-order valence-electron chi connectivity index (χ3n) is 3.46. The molecule has 0 amide bonds. The molecular weight excluding hydrogens is 242 g/mol. The standard InChI is InChI=1S/C14H25N3S/c1-6-7-15-10-8-14(2,3)9-11-12(10)18-13(16-11)17(4)5/h10,15H,6-9H2,1-5H3. The summed E-state index contributed by atoms with van der Waals surface area (Å²) in [6.45, 7) is 8.02. The van der Waals surface area contributed by atoms with E-state index in [4.69, 9.17) is 4.98 Å². The number of anilines is 1. The van der Waals surface area contributed by atoms with Gasteiger partial charge in [-0.2, -0.15) is 0 Å². The summed E-state index contributed by atoms with van der Waals surface area (Å²) in [7, 11) is 4.15. The molecule has 0 fully saturated rings. The molecular formula is C14H25N3S. The SMILES string of the molecule is CCCNC1CC(C)(C)Cc2nc(N(C)C)sc21. The molecule has 1 aliphatic carbocycles. The van der Waals surface area contributed by atoms with Crippen molar-refractivity contribution in [1.29, 1.82) is 0 Å². The molecule has 3 nitrogen and oxygen atoms in total. The van der Waals surface area contributed by atoms with Crippen LogP contribution in [0.1, 0.15) is 50.2 Å². The Morgan fingerprint density at radius 1 is 1.44 bits per heavy atom. The summed E-state index contributed by atoms with van der Waals surface area (Å²) in [5.41, 5.74) is 1.67. The molecule has 0 radical (unpaired) electrons. The first-order valence-electron chi connectivity index (χ1n) is 6.83. The molecule has 0 aliphatic heterocycles. The Morgan fingerprint density at radius 2 is 2.17 bits per heavy atom. The zero-order chi connectivity index (χ0) is 13.3. The number of hydrogen-bond donors (Lipinski definition) is 1. The molecule has 1 heterocycles. The zero-order valence-electron chi connectivity index (χ0n) is 12.2. The predicted molar refractivity (Wildman–Crippen MR) is 79.6 cm³/mol. The van der Waals surface area contributed by atoms with Gasteiger partial charge in [0.25, 0.3) is 0 Å². The first-order valence-corrected chi connectivity index (χ1v) is 7.65. The quantitative estimate of drug-likeness (QED) is 0.908. The second kappa shape index (κ2) is 5.17. The van der Waals surface area contributed by atoms with Gasteiger partial charge in [0.1, 0.15) is 0 Å². The maximum atomic E-state index is 4.81. The molecule has 1 aromatic rings. The minimum Gasteiger partial charge on any atom is -0.354 e. The van der Waals surface area contributed by atoms with Gasteiger partial charge in [-0.05, 0) is 31.2 Å². The van der Waals surface area contributed by atoms with Crippen molar-refractivity contribution in [3.8, 4) is 0 Å². The maximum absolute atomic E-state index is 4.81. The first-order chi connectivity index (χ1) is 8.43. The number of nitrogens with one attached hydrogen (secondary N) is 1.